The average molecular weight is 315 g/mol. The number of rotatable bonds is 2. The molecule has 0 fully saturated rings. The Balaban J connectivity index is 2.47. The fraction of sp³-hybridized carbons (Fsp3) is 0.231. The molecule has 90 valence electrons. The van der Waals surface area contributed by atoms with E-state index in [1.54, 1.807) is 0 Å². The summed E-state index contributed by atoms with van der Waals surface area (Å²) in [7, 11) is 0. The number of benzene rings is 1. The van der Waals surface area contributed by atoms with Crippen molar-refractivity contribution in [1.29, 1.82) is 0 Å². The first-order chi connectivity index (χ1) is 7.99. The second-order valence-electron chi connectivity index (χ2n) is 4.00. The normalized spacial score (nSPS) is 12.8. The van der Waals surface area contributed by atoms with E-state index in [0.29, 0.717) is 0 Å². The largest absolute Gasteiger partial charge is 0.383 e. The van der Waals surface area contributed by atoms with Gasteiger partial charge in [-0.2, -0.15) is 0 Å². The quantitative estimate of drug-likeness (QED) is 0.873. The third-order valence-corrected chi connectivity index (χ3v) is 4.37. The lowest BCUT2D eigenvalue weighted by Crippen LogP contribution is -2.03. The molecular weight excluding hydrogens is 303 g/mol. The molecular formula is C13H12BrFOS. The monoisotopic (exact) mass is 314 g/mol. The highest BCUT2D eigenvalue weighted by Crippen LogP contribution is 2.34. The summed E-state index contributed by atoms with van der Waals surface area (Å²) < 4.78 is 14.2. The molecule has 1 unspecified atom stereocenters. The fourth-order valence-electron chi connectivity index (χ4n) is 1.97. The third-order valence-electron chi connectivity index (χ3n) is 2.70. The molecule has 0 saturated heterocycles. The molecule has 2 rings (SSSR count). The molecule has 1 aromatic heterocycles. The predicted molar refractivity (Wildman–Crippen MR) is 72.0 cm³/mol. The highest BCUT2D eigenvalue weighted by atomic mass is 79.9. The van der Waals surface area contributed by atoms with Crippen molar-refractivity contribution >= 4 is 27.3 Å². The molecule has 2 aromatic rings. The summed E-state index contributed by atoms with van der Waals surface area (Å²) in [5.74, 6) is -0.261. The van der Waals surface area contributed by atoms with Crippen LogP contribution in [0, 0.1) is 19.7 Å². The Morgan fingerprint density at radius 2 is 1.82 bits per heavy atom. The van der Waals surface area contributed by atoms with E-state index in [0.717, 1.165) is 25.4 Å². The maximum absolute atomic E-state index is 13.2. The van der Waals surface area contributed by atoms with E-state index in [-0.39, 0.29) is 5.82 Å². The first-order valence-corrected chi connectivity index (χ1v) is 6.80. The molecule has 1 aromatic carbocycles. The smallest absolute Gasteiger partial charge is 0.123 e. The number of hydrogen-bond acceptors (Lipinski definition) is 2. The number of aliphatic hydroxyl groups is 1. The standard InChI is InChI=1S/C13H12BrFOS/c1-7-5-9(15)6-8(2)12(7)13(16)10-3-4-11(14)17-10/h3-6,13,16H,1-2H3. The minimum absolute atomic E-state index is 0.261. The van der Waals surface area contributed by atoms with E-state index in [2.05, 4.69) is 15.9 Å². The third kappa shape index (κ3) is 2.59. The molecule has 1 nitrogen and oxygen atoms in total. The van der Waals surface area contributed by atoms with Gasteiger partial charge in [-0.25, -0.2) is 4.39 Å². The van der Waals surface area contributed by atoms with Crippen LogP contribution in [0.15, 0.2) is 28.1 Å². The number of thiophene rings is 1. The van der Waals surface area contributed by atoms with E-state index in [9.17, 15) is 9.50 Å². The minimum atomic E-state index is -0.688. The highest BCUT2D eigenvalue weighted by molar-refractivity contribution is 9.11. The molecule has 0 amide bonds. The fourth-order valence-corrected chi connectivity index (χ4v) is 3.39. The lowest BCUT2D eigenvalue weighted by molar-refractivity contribution is 0.222. The van der Waals surface area contributed by atoms with Crippen LogP contribution in [0.3, 0.4) is 0 Å². The van der Waals surface area contributed by atoms with E-state index >= 15 is 0 Å². The first-order valence-electron chi connectivity index (χ1n) is 5.19. The summed E-state index contributed by atoms with van der Waals surface area (Å²) in [6.45, 7) is 3.63. The molecule has 0 radical (unpaired) electrons. The first kappa shape index (κ1) is 12.7. The maximum Gasteiger partial charge on any atom is 0.123 e. The zero-order valence-electron chi connectivity index (χ0n) is 9.50. The molecule has 0 bridgehead atoms. The number of halogens is 2. The summed E-state index contributed by atoms with van der Waals surface area (Å²) in [5, 5.41) is 10.3. The average Bonchev–Trinajstić information content (AvgIpc) is 2.63. The van der Waals surface area contributed by atoms with Crippen LogP contribution in [0.2, 0.25) is 0 Å². The van der Waals surface area contributed by atoms with E-state index in [1.807, 2.05) is 26.0 Å². The van der Waals surface area contributed by atoms with Gasteiger partial charge in [-0.3, -0.25) is 0 Å². The maximum atomic E-state index is 13.2. The predicted octanol–water partition coefficient (Wildman–Crippen LogP) is 4.35. The van der Waals surface area contributed by atoms with Crippen molar-refractivity contribution in [3.05, 3.63) is 55.4 Å². The Morgan fingerprint density at radius 3 is 2.29 bits per heavy atom. The Labute approximate surface area is 112 Å². The zero-order valence-corrected chi connectivity index (χ0v) is 11.9. The molecule has 0 saturated carbocycles. The van der Waals surface area contributed by atoms with Crippen molar-refractivity contribution in [2.24, 2.45) is 0 Å². The van der Waals surface area contributed by atoms with E-state index < -0.39 is 6.10 Å². The summed E-state index contributed by atoms with van der Waals surface area (Å²) in [5.41, 5.74) is 2.35. The van der Waals surface area contributed by atoms with Crippen molar-refractivity contribution in [3.8, 4) is 0 Å². The molecule has 0 aliphatic heterocycles. The Hall–Kier alpha value is -0.710. The highest BCUT2D eigenvalue weighted by Gasteiger charge is 2.17. The van der Waals surface area contributed by atoms with Gasteiger partial charge in [0.1, 0.15) is 11.9 Å². The topological polar surface area (TPSA) is 20.2 Å². The van der Waals surface area contributed by atoms with Crippen LogP contribution in [0.1, 0.15) is 27.7 Å². The number of hydrogen-bond donors (Lipinski definition) is 1. The molecule has 17 heavy (non-hydrogen) atoms. The van der Waals surface area contributed by atoms with Gasteiger partial charge >= 0.3 is 0 Å². The van der Waals surface area contributed by atoms with Crippen molar-refractivity contribution in [1.82, 2.24) is 0 Å². The van der Waals surface area contributed by atoms with Crippen molar-refractivity contribution in [3.63, 3.8) is 0 Å². The summed E-state index contributed by atoms with van der Waals surface area (Å²) in [6.07, 6.45) is -0.688. The Morgan fingerprint density at radius 1 is 1.24 bits per heavy atom. The molecule has 0 aliphatic rings. The van der Waals surface area contributed by atoms with E-state index in [4.69, 9.17) is 0 Å². The van der Waals surface area contributed by atoms with Crippen LogP contribution < -0.4 is 0 Å². The van der Waals surface area contributed by atoms with Gasteiger partial charge in [0.15, 0.2) is 0 Å². The van der Waals surface area contributed by atoms with Gasteiger partial charge in [-0.05, 0) is 70.7 Å². The summed E-state index contributed by atoms with van der Waals surface area (Å²) >= 11 is 4.85. The van der Waals surface area contributed by atoms with E-state index in [1.165, 1.54) is 23.5 Å². The van der Waals surface area contributed by atoms with Gasteiger partial charge in [0.05, 0.1) is 3.79 Å². The number of aliphatic hydroxyl groups excluding tert-OH is 1. The zero-order chi connectivity index (χ0) is 12.6. The van der Waals surface area contributed by atoms with Crippen LogP contribution in [0.5, 0.6) is 0 Å². The second kappa shape index (κ2) is 4.88. The van der Waals surface area contributed by atoms with Gasteiger partial charge in [0.25, 0.3) is 0 Å². The summed E-state index contributed by atoms with van der Waals surface area (Å²) in [6, 6.07) is 6.68. The van der Waals surface area contributed by atoms with Crippen LogP contribution in [0.25, 0.3) is 0 Å². The van der Waals surface area contributed by atoms with Crippen LogP contribution >= 0.6 is 27.3 Å². The Kier molecular flexibility index (Phi) is 3.66. The molecule has 0 spiro atoms. The van der Waals surface area contributed by atoms with Crippen molar-refractivity contribution in [2.45, 2.75) is 20.0 Å². The molecule has 0 aliphatic carbocycles. The second-order valence-corrected chi connectivity index (χ2v) is 6.49. The lowest BCUT2D eigenvalue weighted by Gasteiger charge is -2.15. The van der Waals surface area contributed by atoms with Crippen LogP contribution in [0.4, 0.5) is 4.39 Å². The van der Waals surface area contributed by atoms with Crippen molar-refractivity contribution in [2.75, 3.05) is 0 Å². The molecule has 1 heterocycles. The van der Waals surface area contributed by atoms with Gasteiger partial charge in [0, 0.05) is 4.88 Å². The lowest BCUT2D eigenvalue weighted by atomic mass is 9.97. The van der Waals surface area contributed by atoms with Crippen molar-refractivity contribution < 1.29 is 9.50 Å². The molecule has 1 N–H and O–H groups in total. The number of aryl methyl sites for hydroxylation is 2. The van der Waals surface area contributed by atoms with Gasteiger partial charge in [-0.1, -0.05) is 0 Å². The van der Waals surface area contributed by atoms with Gasteiger partial charge in [0.2, 0.25) is 0 Å². The Bertz CT molecular complexity index is 527. The SMILES string of the molecule is Cc1cc(F)cc(C)c1C(O)c1ccc(Br)s1. The molecule has 1 atom stereocenters. The van der Waals surface area contributed by atoms with Crippen LogP contribution in [-0.2, 0) is 0 Å². The van der Waals surface area contributed by atoms with Crippen LogP contribution in [-0.4, -0.2) is 5.11 Å². The van der Waals surface area contributed by atoms with Gasteiger partial charge < -0.3 is 5.11 Å². The minimum Gasteiger partial charge on any atom is -0.383 e. The molecule has 4 heteroatoms. The van der Waals surface area contributed by atoms with Gasteiger partial charge in [-0.15, -0.1) is 11.3 Å². The summed E-state index contributed by atoms with van der Waals surface area (Å²) in [4.78, 5) is 0.856.